The molecule has 0 saturated heterocycles. The second-order valence-electron chi connectivity index (χ2n) is 5.96. The van der Waals surface area contributed by atoms with Gasteiger partial charge in [0.2, 0.25) is 0 Å². The molecule has 0 amide bonds. The van der Waals surface area contributed by atoms with Crippen LogP contribution in [0.25, 0.3) is 0 Å². The zero-order chi connectivity index (χ0) is 14.4. The highest BCUT2D eigenvalue weighted by Crippen LogP contribution is 2.23. The van der Waals surface area contributed by atoms with Crippen molar-refractivity contribution in [2.24, 2.45) is 0 Å². The van der Waals surface area contributed by atoms with E-state index in [0.29, 0.717) is 6.04 Å². The Labute approximate surface area is 124 Å². The molecule has 2 heteroatoms. The number of rotatable bonds is 8. The van der Waals surface area contributed by atoms with Gasteiger partial charge in [0, 0.05) is 6.04 Å². The van der Waals surface area contributed by atoms with E-state index >= 15 is 0 Å². The molecule has 0 bridgehead atoms. The smallest absolute Gasteiger partial charge is 0.0117 e. The second kappa shape index (κ2) is 7.80. The van der Waals surface area contributed by atoms with Crippen molar-refractivity contribution in [3.05, 3.63) is 34.9 Å². The molecule has 2 nitrogen and oxygen atoms in total. The van der Waals surface area contributed by atoms with Crippen LogP contribution in [0, 0.1) is 0 Å². The minimum absolute atomic E-state index is 0.593. The van der Waals surface area contributed by atoms with E-state index in [1.165, 1.54) is 37.8 Å². The molecule has 0 aromatic heterocycles. The molecule has 0 fully saturated rings. The normalized spacial score (nSPS) is 15.6. The number of fused-ring (bicyclic) bond motifs is 1. The summed E-state index contributed by atoms with van der Waals surface area (Å²) in [6.45, 7) is 8.01. The van der Waals surface area contributed by atoms with Gasteiger partial charge in [-0.15, -0.1) is 0 Å². The highest BCUT2D eigenvalue weighted by Gasteiger charge is 2.13. The first-order valence-corrected chi connectivity index (χ1v) is 8.27. The minimum Gasteiger partial charge on any atom is -0.317 e. The van der Waals surface area contributed by atoms with E-state index in [9.17, 15) is 0 Å². The maximum Gasteiger partial charge on any atom is 0.0117 e. The van der Waals surface area contributed by atoms with E-state index in [4.69, 9.17) is 0 Å². The van der Waals surface area contributed by atoms with Gasteiger partial charge in [-0.3, -0.25) is 0 Å². The molecule has 2 rings (SSSR count). The maximum absolute atomic E-state index is 3.50. The number of benzene rings is 1. The molecule has 0 radical (unpaired) electrons. The molecule has 20 heavy (non-hydrogen) atoms. The van der Waals surface area contributed by atoms with E-state index in [1.807, 2.05) is 0 Å². The Hall–Kier alpha value is -0.860. The summed E-state index contributed by atoms with van der Waals surface area (Å²) in [7, 11) is 2.10. The molecule has 1 aromatic carbocycles. The standard InChI is InChI=1S/C18H30N2/c1-4-20(5-2)12-11-18(19-3)14-15-9-10-16-7-6-8-17(16)13-15/h9-10,13,18-19H,4-8,11-12,14H2,1-3H3. The van der Waals surface area contributed by atoms with Crippen molar-refractivity contribution in [3.8, 4) is 0 Å². The third-order valence-corrected chi connectivity index (χ3v) is 4.74. The van der Waals surface area contributed by atoms with Gasteiger partial charge in [-0.2, -0.15) is 0 Å². The van der Waals surface area contributed by atoms with Crippen LogP contribution in [0.15, 0.2) is 18.2 Å². The van der Waals surface area contributed by atoms with Crippen molar-refractivity contribution in [2.75, 3.05) is 26.7 Å². The summed E-state index contributed by atoms with van der Waals surface area (Å²) >= 11 is 0. The van der Waals surface area contributed by atoms with Crippen LogP contribution in [0.3, 0.4) is 0 Å². The van der Waals surface area contributed by atoms with Crippen molar-refractivity contribution in [2.45, 2.75) is 52.0 Å². The summed E-state index contributed by atoms with van der Waals surface area (Å²) in [6.07, 6.45) is 6.30. The van der Waals surface area contributed by atoms with Gasteiger partial charge in [-0.25, -0.2) is 0 Å². The van der Waals surface area contributed by atoms with Crippen LogP contribution in [0.1, 0.15) is 43.4 Å². The monoisotopic (exact) mass is 274 g/mol. The van der Waals surface area contributed by atoms with E-state index in [-0.39, 0.29) is 0 Å². The SMILES string of the molecule is CCN(CC)CCC(Cc1ccc2c(c1)CCC2)NC. The molecule has 1 atom stereocenters. The lowest BCUT2D eigenvalue weighted by molar-refractivity contribution is 0.283. The minimum atomic E-state index is 0.593. The predicted octanol–water partition coefficient (Wildman–Crippen LogP) is 3.04. The van der Waals surface area contributed by atoms with Crippen LogP contribution in [0.4, 0.5) is 0 Å². The maximum atomic E-state index is 3.50. The van der Waals surface area contributed by atoms with Gasteiger partial charge < -0.3 is 10.2 Å². The van der Waals surface area contributed by atoms with Gasteiger partial charge in [0.1, 0.15) is 0 Å². The van der Waals surface area contributed by atoms with Crippen molar-refractivity contribution in [1.82, 2.24) is 10.2 Å². The van der Waals surface area contributed by atoms with Gasteiger partial charge in [0.25, 0.3) is 0 Å². The quantitative estimate of drug-likeness (QED) is 0.784. The second-order valence-corrected chi connectivity index (χ2v) is 5.96. The molecule has 1 N–H and O–H groups in total. The Bertz CT molecular complexity index is 410. The molecular weight excluding hydrogens is 244 g/mol. The first kappa shape index (κ1) is 15.5. The topological polar surface area (TPSA) is 15.3 Å². The highest BCUT2D eigenvalue weighted by molar-refractivity contribution is 5.35. The number of nitrogens with zero attached hydrogens (tertiary/aromatic N) is 1. The third kappa shape index (κ3) is 4.07. The summed E-state index contributed by atoms with van der Waals surface area (Å²) in [5, 5.41) is 3.50. The lowest BCUT2D eigenvalue weighted by Crippen LogP contribution is -2.33. The fourth-order valence-corrected chi connectivity index (χ4v) is 3.26. The molecule has 0 spiro atoms. The van der Waals surface area contributed by atoms with Gasteiger partial charge >= 0.3 is 0 Å². The molecule has 0 heterocycles. The van der Waals surface area contributed by atoms with Gasteiger partial charge in [-0.05, 0) is 75.5 Å². The lowest BCUT2D eigenvalue weighted by atomic mass is 9.99. The number of nitrogens with one attached hydrogen (secondary N) is 1. The Kier molecular flexibility index (Phi) is 6.06. The highest BCUT2D eigenvalue weighted by atomic mass is 15.1. The lowest BCUT2D eigenvalue weighted by Gasteiger charge is -2.22. The summed E-state index contributed by atoms with van der Waals surface area (Å²) in [5.74, 6) is 0. The Morgan fingerprint density at radius 3 is 2.60 bits per heavy atom. The van der Waals surface area contributed by atoms with Crippen LogP contribution < -0.4 is 5.32 Å². The molecule has 0 aliphatic heterocycles. The van der Waals surface area contributed by atoms with E-state index < -0.39 is 0 Å². The summed E-state index contributed by atoms with van der Waals surface area (Å²) in [5.41, 5.74) is 4.68. The van der Waals surface area contributed by atoms with Crippen LogP contribution in [-0.4, -0.2) is 37.6 Å². The zero-order valence-electron chi connectivity index (χ0n) is 13.4. The molecule has 1 aromatic rings. The van der Waals surface area contributed by atoms with Crippen molar-refractivity contribution in [3.63, 3.8) is 0 Å². The van der Waals surface area contributed by atoms with Crippen molar-refractivity contribution < 1.29 is 0 Å². The molecule has 1 aliphatic rings. The molecular formula is C18H30N2. The third-order valence-electron chi connectivity index (χ3n) is 4.74. The van der Waals surface area contributed by atoms with Gasteiger partial charge in [0.15, 0.2) is 0 Å². The summed E-state index contributed by atoms with van der Waals surface area (Å²) in [6, 6.07) is 7.74. The number of aryl methyl sites for hydroxylation is 2. The predicted molar refractivity (Wildman–Crippen MR) is 87.4 cm³/mol. The van der Waals surface area contributed by atoms with Crippen LogP contribution in [0.5, 0.6) is 0 Å². The van der Waals surface area contributed by atoms with E-state index in [2.05, 4.69) is 49.3 Å². The first-order chi connectivity index (χ1) is 9.76. The zero-order valence-corrected chi connectivity index (χ0v) is 13.4. The number of hydrogen-bond donors (Lipinski definition) is 1. The number of likely N-dealkylation sites (N-methyl/N-ethyl adjacent to an activating group) is 1. The fraction of sp³-hybridized carbons (Fsp3) is 0.667. The number of hydrogen-bond acceptors (Lipinski definition) is 2. The van der Waals surface area contributed by atoms with Crippen molar-refractivity contribution in [1.29, 1.82) is 0 Å². The summed E-state index contributed by atoms with van der Waals surface area (Å²) < 4.78 is 0. The summed E-state index contributed by atoms with van der Waals surface area (Å²) in [4.78, 5) is 2.51. The first-order valence-electron chi connectivity index (χ1n) is 8.27. The van der Waals surface area contributed by atoms with Crippen LogP contribution in [0.2, 0.25) is 0 Å². The molecule has 1 aliphatic carbocycles. The van der Waals surface area contributed by atoms with Gasteiger partial charge in [0.05, 0.1) is 0 Å². The average molecular weight is 274 g/mol. The van der Waals surface area contributed by atoms with Gasteiger partial charge in [-0.1, -0.05) is 32.0 Å². The Morgan fingerprint density at radius 2 is 1.90 bits per heavy atom. The van der Waals surface area contributed by atoms with Crippen molar-refractivity contribution >= 4 is 0 Å². The Balaban J connectivity index is 1.89. The Morgan fingerprint density at radius 1 is 1.15 bits per heavy atom. The van der Waals surface area contributed by atoms with Crippen LogP contribution >= 0.6 is 0 Å². The molecule has 1 unspecified atom stereocenters. The van der Waals surface area contributed by atoms with E-state index in [0.717, 1.165) is 19.5 Å². The molecule has 112 valence electrons. The fourth-order valence-electron chi connectivity index (χ4n) is 3.26. The van der Waals surface area contributed by atoms with E-state index in [1.54, 1.807) is 11.1 Å². The largest absolute Gasteiger partial charge is 0.317 e. The molecule has 0 saturated carbocycles. The average Bonchev–Trinajstić information content (AvgIpc) is 2.94. The van der Waals surface area contributed by atoms with Crippen LogP contribution in [-0.2, 0) is 19.3 Å².